The van der Waals surface area contributed by atoms with E-state index in [1.54, 1.807) is 0 Å². The van der Waals surface area contributed by atoms with Crippen LogP contribution in [-0.4, -0.2) is 0 Å². The SMILES string of the molecule is Nc1c(Br)cc(Br)cc1[C@@H](N)C1CC1. The minimum atomic E-state index is 0.0869. The van der Waals surface area contributed by atoms with Gasteiger partial charge in [0, 0.05) is 15.0 Å². The van der Waals surface area contributed by atoms with E-state index < -0.39 is 0 Å². The molecule has 1 atom stereocenters. The van der Waals surface area contributed by atoms with E-state index in [1.165, 1.54) is 12.8 Å². The Labute approximate surface area is 100 Å². The number of hydrogen-bond donors (Lipinski definition) is 2. The molecule has 4 heteroatoms. The van der Waals surface area contributed by atoms with Crippen LogP contribution in [0.2, 0.25) is 0 Å². The number of hydrogen-bond acceptors (Lipinski definition) is 2. The van der Waals surface area contributed by atoms with Crippen LogP contribution in [-0.2, 0) is 0 Å². The van der Waals surface area contributed by atoms with E-state index in [9.17, 15) is 0 Å². The number of rotatable bonds is 2. The third kappa shape index (κ3) is 1.97. The van der Waals surface area contributed by atoms with Crippen LogP contribution in [0.15, 0.2) is 21.1 Å². The van der Waals surface area contributed by atoms with Crippen molar-refractivity contribution >= 4 is 37.5 Å². The molecular formula is C10H12Br2N2. The van der Waals surface area contributed by atoms with Gasteiger partial charge >= 0.3 is 0 Å². The molecule has 1 fully saturated rings. The van der Waals surface area contributed by atoms with Gasteiger partial charge < -0.3 is 11.5 Å². The van der Waals surface area contributed by atoms with Crippen LogP contribution in [0, 0.1) is 5.92 Å². The summed E-state index contributed by atoms with van der Waals surface area (Å²) in [6.07, 6.45) is 2.45. The van der Waals surface area contributed by atoms with Crippen molar-refractivity contribution < 1.29 is 0 Å². The molecule has 1 saturated carbocycles. The lowest BCUT2D eigenvalue weighted by atomic mass is 10.0. The van der Waals surface area contributed by atoms with E-state index >= 15 is 0 Å². The zero-order chi connectivity index (χ0) is 10.3. The van der Waals surface area contributed by atoms with Gasteiger partial charge in [0.2, 0.25) is 0 Å². The largest absolute Gasteiger partial charge is 0.398 e. The maximum absolute atomic E-state index is 6.12. The Kier molecular flexibility index (Phi) is 2.86. The van der Waals surface area contributed by atoms with E-state index in [0.717, 1.165) is 20.2 Å². The summed E-state index contributed by atoms with van der Waals surface area (Å²) in [7, 11) is 0. The molecule has 0 unspecified atom stereocenters. The Morgan fingerprint density at radius 1 is 1.29 bits per heavy atom. The number of nitrogen functional groups attached to an aromatic ring is 1. The van der Waals surface area contributed by atoms with Crippen LogP contribution in [0.3, 0.4) is 0 Å². The molecule has 0 bridgehead atoms. The molecule has 0 radical (unpaired) electrons. The monoisotopic (exact) mass is 318 g/mol. The zero-order valence-electron chi connectivity index (χ0n) is 7.63. The maximum Gasteiger partial charge on any atom is 0.0507 e. The predicted octanol–water partition coefficient (Wildman–Crippen LogP) is 3.20. The molecule has 0 heterocycles. The lowest BCUT2D eigenvalue weighted by molar-refractivity contribution is 0.635. The minimum absolute atomic E-state index is 0.0869. The van der Waals surface area contributed by atoms with Crippen molar-refractivity contribution in [2.45, 2.75) is 18.9 Å². The van der Waals surface area contributed by atoms with Crippen LogP contribution in [0.5, 0.6) is 0 Å². The van der Waals surface area contributed by atoms with E-state index in [4.69, 9.17) is 11.5 Å². The number of nitrogens with two attached hydrogens (primary N) is 2. The molecule has 2 rings (SSSR count). The number of benzene rings is 1. The fourth-order valence-electron chi connectivity index (χ4n) is 1.59. The first-order valence-corrected chi connectivity index (χ1v) is 6.18. The van der Waals surface area contributed by atoms with Crippen molar-refractivity contribution in [3.05, 3.63) is 26.6 Å². The van der Waals surface area contributed by atoms with Gasteiger partial charge in [-0.15, -0.1) is 0 Å². The van der Waals surface area contributed by atoms with Crippen molar-refractivity contribution in [2.75, 3.05) is 5.73 Å². The quantitative estimate of drug-likeness (QED) is 0.822. The van der Waals surface area contributed by atoms with E-state index in [0.29, 0.717) is 5.92 Å². The van der Waals surface area contributed by atoms with Crippen molar-refractivity contribution in [3.8, 4) is 0 Å². The van der Waals surface area contributed by atoms with Gasteiger partial charge in [-0.1, -0.05) is 15.9 Å². The maximum atomic E-state index is 6.12. The second kappa shape index (κ2) is 3.83. The van der Waals surface area contributed by atoms with Crippen molar-refractivity contribution in [1.82, 2.24) is 0 Å². The third-order valence-corrected chi connectivity index (χ3v) is 3.73. The molecule has 14 heavy (non-hydrogen) atoms. The highest BCUT2D eigenvalue weighted by Gasteiger charge is 2.31. The highest BCUT2D eigenvalue weighted by atomic mass is 79.9. The molecule has 0 saturated heterocycles. The first-order valence-electron chi connectivity index (χ1n) is 4.59. The predicted molar refractivity (Wildman–Crippen MR) is 65.9 cm³/mol. The van der Waals surface area contributed by atoms with Crippen LogP contribution >= 0.6 is 31.9 Å². The molecule has 2 nitrogen and oxygen atoms in total. The van der Waals surface area contributed by atoms with Crippen LogP contribution in [0.25, 0.3) is 0 Å². The van der Waals surface area contributed by atoms with Gasteiger partial charge in [0.25, 0.3) is 0 Å². The van der Waals surface area contributed by atoms with Crippen LogP contribution in [0.1, 0.15) is 24.4 Å². The van der Waals surface area contributed by atoms with Gasteiger partial charge in [-0.2, -0.15) is 0 Å². The van der Waals surface area contributed by atoms with E-state index in [-0.39, 0.29) is 6.04 Å². The Morgan fingerprint density at radius 2 is 1.93 bits per heavy atom. The molecule has 1 aromatic carbocycles. The summed E-state index contributed by atoms with van der Waals surface area (Å²) >= 11 is 6.87. The van der Waals surface area contributed by atoms with E-state index in [1.807, 2.05) is 12.1 Å². The second-order valence-electron chi connectivity index (χ2n) is 3.75. The average Bonchev–Trinajstić information content (AvgIpc) is 2.93. The Hall–Kier alpha value is -0.0600. The fourth-order valence-corrected chi connectivity index (χ4v) is 2.85. The van der Waals surface area contributed by atoms with Gasteiger partial charge in [0.1, 0.15) is 0 Å². The molecule has 76 valence electrons. The Bertz CT molecular complexity index is 361. The lowest BCUT2D eigenvalue weighted by Gasteiger charge is -2.15. The number of halogens is 2. The lowest BCUT2D eigenvalue weighted by Crippen LogP contribution is -2.14. The van der Waals surface area contributed by atoms with Crippen LogP contribution in [0.4, 0.5) is 5.69 Å². The first kappa shape index (κ1) is 10.5. The summed E-state index contributed by atoms with van der Waals surface area (Å²) in [6, 6.07) is 4.05. The van der Waals surface area contributed by atoms with Crippen LogP contribution < -0.4 is 11.5 Å². The van der Waals surface area contributed by atoms with Gasteiger partial charge in [-0.25, -0.2) is 0 Å². The molecule has 1 aliphatic carbocycles. The molecule has 0 amide bonds. The standard InChI is InChI=1S/C10H12Br2N2/c11-6-3-7(9(13)5-1-2-5)10(14)8(12)4-6/h3-5,9H,1-2,13-14H2/t9-/m0/s1. The molecule has 4 N–H and O–H groups in total. The molecule has 1 aromatic rings. The Morgan fingerprint density at radius 3 is 2.50 bits per heavy atom. The smallest absolute Gasteiger partial charge is 0.0507 e. The van der Waals surface area contributed by atoms with Crippen molar-refractivity contribution in [1.29, 1.82) is 0 Å². The molecular weight excluding hydrogens is 308 g/mol. The summed E-state index contributed by atoms with van der Waals surface area (Å²) in [4.78, 5) is 0. The highest BCUT2D eigenvalue weighted by Crippen LogP contribution is 2.43. The molecule has 0 spiro atoms. The third-order valence-electron chi connectivity index (χ3n) is 2.62. The summed E-state index contributed by atoms with van der Waals surface area (Å²) in [5.74, 6) is 0.624. The summed E-state index contributed by atoms with van der Waals surface area (Å²) < 4.78 is 1.93. The van der Waals surface area contributed by atoms with Gasteiger partial charge in [-0.3, -0.25) is 0 Å². The average molecular weight is 320 g/mol. The summed E-state index contributed by atoms with van der Waals surface area (Å²) in [5.41, 5.74) is 13.9. The van der Waals surface area contributed by atoms with Gasteiger partial charge in [-0.05, 0) is 52.4 Å². The van der Waals surface area contributed by atoms with Gasteiger partial charge in [0.05, 0.1) is 5.69 Å². The number of anilines is 1. The highest BCUT2D eigenvalue weighted by molar-refractivity contribution is 9.11. The van der Waals surface area contributed by atoms with E-state index in [2.05, 4.69) is 31.9 Å². The zero-order valence-corrected chi connectivity index (χ0v) is 10.8. The summed E-state index contributed by atoms with van der Waals surface area (Å²) in [5, 5.41) is 0. The van der Waals surface area contributed by atoms with Crippen molar-refractivity contribution in [3.63, 3.8) is 0 Å². The van der Waals surface area contributed by atoms with Gasteiger partial charge in [0.15, 0.2) is 0 Å². The summed E-state index contributed by atoms with van der Waals surface area (Å²) in [6.45, 7) is 0. The normalized spacial score (nSPS) is 18.2. The first-order chi connectivity index (χ1) is 6.59. The minimum Gasteiger partial charge on any atom is -0.398 e. The Balaban J connectivity index is 2.39. The second-order valence-corrected chi connectivity index (χ2v) is 5.52. The molecule has 1 aliphatic rings. The molecule has 0 aromatic heterocycles. The topological polar surface area (TPSA) is 52.0 Å². The fraction of sp³-hybridized carbons (Fsp3) is 0.400. The molecule has 0 aliphatic heterocycles. The van der Waals surface area contributed by atoms with Crippen molar-refractivity contribution in [2.24, 2.45) is 11.7 Å².